The van der Waals surface area contributed by atoms with Gasteiger partial charge in [-0.2, -0.15) is 0 Å². The molecular weight excluding hydrogens is 360 g/mol. The van der Waals surface area contributed by atoms with Crippen molar-refractivity contribution in [1.82, 2.24) is 10.2 Å². The molecule has 1 spiro atoms. The van der Waals surface area contributed by atoms with Crippen molar-refractivity contribution in [3.05, 3.63) is 53.6 Å². The maximum Gasteiger partial charge on any atom is 0.242 e. The van der Waals surface area contributed by atoms with Crippen LogP contribution in [0.15, 0.2) is 42.5 Å². The normalized spacial score (nSPS) is 24.1. The Labute approximate surface area is 174 Å². The third-order valence-corrected chi connectivity index (χ3v) is 6.25. The lowest BCUT2D eigenvalue weighted by molar-refractivity contribution is -0.131. The van der Waals surface area contributed by atoms with Gasteiger partial charge in [0.25, 0.3) is 0 Å². The van der Waals surface area contributed by atoms with Crippen molar-refractivity contribution in [2.24, 2.45) is 5.92 Å². The summed E-state index contributed by atoms with van der Waals surface area (Å²) >= 11 is 0. The molecule has 2 saturated heterocycles. The fraction of sp³-hybridized carbons (Fsp3) is 0.480. The molecule has 0 saturated carbocycles. The third kappa shape index (κ3) is 3.91. The van der Waals surface area contributed by atoms with Crippen LogP contribution < -0.4 is 10.1 Å². The van der Waals surface area contributed by atoms with Gasteiger partial charge in [0, 0.05) is 25.2 Å². The lowest BCUT2D eigenvalue weighted by Gasteiger charge is -2.23. The average molecular weight is 393 g/mol. The van der Waals surface area contributed by atoms with Crippen LogP contribution in [0.5, 0.6) is 5.75 Å². The highest BCUT2D eigenvalue weighted by Crippen LogP contribution is 2.40. The minimum Gasteiger partial charge on any atom is -0.493 e. The van der Waals surface area contributed by atoms with E-state index in [2.05, 4.69) is 68.6 Å². The van der Waals surface area contributed by atoms with Gasteiger partial charge in [-0.05, 0) is 61.4 Å². The summed E-state index contributed by atoms with van der Waals surface area (Å²) in [6.45, 7) is 8.00. The minimum absolute atomic E-state index is 0.218. The Bertz CT molecular complexity index is 907. The Morgan fingerprint density at radius 3 is 2.76 bits per heavy atom. The molecule has 0 radical (unpaired) electrons. The summed E-state index contributed by atoms with van der Waals surface area (Å²) in [6.07, 6.45) is 2.81. The number of hydrogen-bond acceptors (Lipinski definition) is 3. The van der Waals surface area contributed by atoms with Crippen molar-refractivity contribution in [3.63, 3.8) is 0 Å². The molecular formula is C25H32N2O2. The Kier molecular flexibility index (Phi) is 5.39. The molecule has 0 bridgehead atoms. The lowest BCUT2D eigenvalue weighted by Crippen LogP contribution is -2.47. The van der Waals surface area contributed by atoms with E-state index in [1.807, 2.05) is 11.9 Å². The first kappa shape index (κ1) is 20.0. The Morgan fingerprint density at radius 1 is 1.21 bits per heavy atom. The van der Waals surface area contributed by atoms with Crippen molar-refractivity contribution < 1.29 is 9.53 Å². The van der Waals surface area contributed by atoms with Crippen LogP contribution >= 0.6 is 0 Å². The molecule has 0 aliphatic carbocycles. The summed E-state index contributed by atoms with van der Waals surface area (Å²) in [7, 11) is 1.91. The molecule has 2 heterocycles. The third-order valence-electron chi connectivity index (χ3n) is 6.25. The van der Waals surface area contributed by atoms with Crippen LogP contribution in [0.25, 0.3) is 11.1 Å². The zero-order valence-electron chi connectivity index (χ0n) is 18.0. The smallest absolute Gasteiger partial charge is 0.242 e. The number of amides is 1. The van der Waals surface area contributed by atoms with Gasteiger partial charge in [0.15, 0.2) is 0 Å². The summed E-state index contributed by atoms with van der Waals surface area (Å²) in [4.78, 5) is 14.5. The monoisotopic (exact) mass is 392 g/mol. The number of rotatable bonds is 5. The van der Waals surface area contributed by atoms with Crippen molar-refractivity contribution in [2.75, 3.05) is 20.2 Å². The number of likely N-dealkylation sites (tertiary alicyclic amines) is 1. The second-order valence-corrected chi connectivity index (χ2v) is 9.12. The van der Waals surface area contributed by atoms with E-state index in [4.69, 9.17) is 4.74 Å². The Balaban J connectivity index is 1.60. The fourth-order valence-electron chi connectivity index (χ4n) is 4.59. The molecule has 2 aromatic rings. The molecule has 2 atom stereocenters. The van der Waals surface area contributed by atoms with Crippen LogP contribution in [0, 0.1) is 12.8 Å². The molecule has 4 heteroatoms. The van der Waals surface area contributed by atoms with Crippen molar-refractivity contribution in [2.45, 2.75) is 51.6 Å². The van der Waals surface area contributed by atoms with E-state index in [1.54, 1.807) is 0 Å². The maximum absolute atomic E-state index is 12.7. The molecule has 0 unspecified atom stereocenters. The number of hydrogen-bond donors (Lipinski definition) is 1. The number of benzene rings is 2. The molecule has 1 N–H and O–H groups in total. The molecule has 2 aliphatic heterocycles. The number of likely N-dealkylation sites (N-methyl/N-ethyl adjacent to an activating group) is 1. The van der Waals surface area contributed by atoms with Crippen LogP contribution in [-0.2, 0) is 4.79 Å². The van der Waals surface area contributed by atoms with Gasteiger partial charge in [0.2, 0.25) is 5.91 Å². The zero-order chi connectivity index (χ0) is 20.6. The molecule has 4 rings (SSSR count). The van der Waals surface area contributed by atoms with E-state index in [0.717, 1.165) is 37.1 Å². The fourth-order valence-corrected chi connectivity index (χ4v) is 4.59. The van der Waals surface area contributed by atoms with Gasteiger partial charge in [-0.1, -0.05) is 43.7 Å². The molecule has 2 aromatic carbocycles. The average Bonchev–Trinajstić information content (AvgIpc) is 3.27. The van der Waals surface area contributed by atoms with Crippen molar-refractivity contribution >= 4 is 5.91 Å². The molecule has 0 aromatic heterocycles. The molecule has 29 heavy (non-hydrogen) atoms. The maximum atomic E-state index is 12.7. The Hall–Kier alpha value is -2.33. The molecule has 1 amide bonds. The summed E-state index contributed by atoms with van der Waals surface area (Å²) in [5.74, 6) is 1.67. The van der Waals surface area contributed by atoms with E-state index in [1.165, 1.54) is 16.7 Å². The van der Waals surface area contributed by atoms with E-state index >= 15 is 0 Å². The number of nitrogens with one attached hydrogen (secondary N) is 1. The molecule has 2 fully saturated rings. The SMILES string of the molecule is Cc1ccc(OCC(C)C)c(-c2cccc([C@H]3CC[C@]4(CCN(C)C4=O)N3)c2)c1. The predicted molar refractivity (Wildman–Crippen MR) is 117 cm³/mol. The quantitative estimate of drug-likeness (QED) is 0.800. The van der Waals surface area contributed by atoms with Crippen LogP contribution in [0.4, 0.5) is 0 Å². The van der Waals surface area contributed by atoms with Crippen LogP contribution in [0.2, 0.25) is 0 Å². The number of carbonyl (C=O) groups excluding carboxylic acids is 1. The predicted octanol–water partition coefficient (Wildman–Crippen LogP) is 4.72. The lowest BCUT2D eigenvalue weighted by atomic mass is 9.95. The zero-order valence-corrected chi connectivity index (χ0v) is 18.0. The molecule has 2 aliphatic rings. The van der Waals surface area contributed by atoms with Gasteiger partial charge >= 0.3 is 0 Å². The second kappa shape index (κ2) is 7.83. The van der Waals surface area contributed by atoms with E-state index < -0.39 is 0 Å². The van der Waals surface area contributed by atoms with E-state index in [-0.39, 0.29) is 17.5 Å². The summed E-state index contributed by atoms with van der Waals surface area (Å²) in [5, 5.41) is 3.69. The first-order valence-electron chi connectivity index (χ1n) is 10.7. The minimum atomic E-state index is -0.357. The van der Waals surface area contributed by atoms with Gasteiger partial charge in [-0.25, -0.2) is 0 Å². The van der Waals surface area contributed by atoms with Crippen LogP contribution in [0.3, 0.4) is 0 Å². The second-order valence-electron chi connectivity index (χ2n) is 9.12. The summed E-state index contributed by atoms with van der Waals surface area (Å²) < 4.78 is 6.11. The number of carbonyl (C=O) groups is 1. The first-order valence-corrected chi connectivity index (χ1v) is 10.7. The summed E-state index contributed by atoms with van der Waals surface area (Å²) in [6, 6.07) is 15.3. The highest BCUT2D eigenvalue weighted by molar-refractivity contribution is 5.88. The van der Waals surface area contributed by atoms with E-state index in [9.17, 15) is 4.79 Å². The molecule has 4 nitrogen and oxygen atoms in total. The standard InChI is InChI=1S/C25H32N2O2/c1-17(2)16-29-23-9-8-18(3)14-21(23)19-6-5-7-20(15-19)22-10-11-25(26-22)12-13-27(4)24(25)28/h5-9,14-15,17,22,26H,10-13,16H2,1-4H3/t22-,25-/m1/s1. The van der Waals surface area contributed by atoms with Gasteiger partial charge in [0.05, 0.1) is 6.61 Å². The number of ether oxygens (including phenoxy) is 1. The highest BCUT2D eigenvalue weighted by Gasteiger charge is 2.49. The topological polar surface area (TPSA) is 41.6 Å². The van der Waals surface area contributed by atoms with Crippen molar-refractivity contribution in [1.29, 1.82) is 0 Å². The Morgan fingerprint density at radius 2 is 2.03 bits per heavy atom. The number of aryl methyl sites for hydroxylation is 1. The van der Waals surface area contributed by atoms with Crippen molar-refractivity contribution in [3.8, 4) is 16.9 Å². The summed E-state index contributed by atoms with van der Waals surface area (Å²) in [5.41, 5.74) is 4.42. The van der Waals surface area contributed by atoms with E-state index in [0.29, 0.717) is 12.5 Å². The molecule has 154 valence electrons. The first-order chi connectivity index (χ1) is 13.9. The van der Waals surface area contributed by atoms with Gasteiger partial charge < -0.3 is 9.64 Å². The van der Waals surface area contributed by atoms with Crippen LogP contribution in [0.1, 0.15) is 50.3 Å². The van der Waals surface area contributed by atoms with Gasteiger partial charge in [-0.3, -0.25) is 10.1 Å². The largest absolute Gasteiger partial charge is 0.493 e. The van der Waals surface area contributed by atoms with Gasteiger partial charge in [-0.15, -0.1) is 0 Å². The highest BCUT2D eigenvalue weighted by atomic mass is 16.5. The van der Waals surface area contributed by atoms with Gasteiger partial charge in [0.1, 0.15) is 11.3 Å². The van der Waals surface area contributed by atoms with Crippen LogP contribution in [-0.4, -0.2) is 36.5 Å². The number of nitrogens with zero attached hydrogens (tertiary/aromatic N) is 1.